The van der Waals surface area contributed by atoms with Gasteiger partial charge in [0, 0.05) is 24.7 Å². The minimum Gasteiger partial charge on any atom is -0.491 e. The van der Waals surface area contributed by atoms with Crippen molar-refractivity contribution in [3.05, 3.63) is 53.7 Å². The average Bonchev–Trinajstić information content (AvgIpc) is 3.20. The van der Waals surface area contributed by atoms with Gasteiger partial charge in [-0.15, -0.1) is 0 Å². The highest BCUT2D eigenvalue weighted by Crippen LogP contribution is 2.34. The molecule has 0 spiro atoms. The zero-order chi connectivity index (χ0) is 22.2. The quantitative estimate of drug-likeness (QED) is 0.600. The van der Waals surface area contributed by atoms with Gasteiger partial charge in [-0.1, -0.05) is 17.7 Å². The summed E-state index contributed by atoms with van der Waals surface area (Å²) < 4.78 is 34.1. The fraction of sp³-hybridized carbons (Fsp3) is 0.318. The number of aryl methyl sites for hydroxylation is 1. The third-order valence-electron chi connectivity index (χ3n) is 5.00. The minimum absolute atomic E-state index is 0.346. The molecule has 2 heterocycles. The molecule has 2 aromatic carbocycles. The zero-order valence-corrected chi connectivity index (χ0v) is 17.9. The first kappa shape index (κ1) is 22.5. The third kappa shape index (κ3) is 6.16. The Balaban J connectivity index is 0.000000858. The van der Waals surface area contributed by atoms with E-state index in [0.717, 1.165) is 42.7 Å². The van der Waals surface area contributed by atoms with Gasteiger partial charge in [0.2, 0.25) is 0 Å². The Morgan fingerprint density at radius 2 is 1.81 bits per heavy atom. The molecule has 3 aromatic rings. The van der Waals surface area contributed by atoms with Gasteiger partial charge in [-0.2, -0.15) is 8.42 Å². The minimum atomic E-state index is -0.750. The number of amides is 1. The highest BCUT2D eigenvalue weighted by molar-refractivity contribution is 7.51. The summed E-state index contributed by atoms with van der Waals surface area (Å²) in [7, 11) is 0. The Morgan fingerprint density at radius 1 is 1.13 bits per heavy atom. The van der Waals surface area contributed by atoms with Gasteiger partial charge in [-0.05, 0) is 49.9 Å². The summed E-state index contributed by atoms with van der Waals surface area (Å²) in [5.41, 5.74) is 7.70. The molecule has 1 aliphatic heterocycles. The molecule has 0 aliphatic carbocycles. The van der Waals surface area contributed by atoms with Crippen molar-refractivity contribution in [1.82, 2.24) is 4.98 Å². The Hall–Kier alpha value is -3.17. The van der Waals surface area contributed by atoms with Crippen LogP contribution in [0, 0.1) is 12.8 Å². The smallest absolute Gasteiger partial charge is 0.335 e. The number of aromatic amines is 1. The third-order valence-corrected chi connectivity index (χ3v) is 5.00. The fourth-order valence-electron chi connectivity index (χ4n) is 3.35. The summed E-state index contributed by atoms with van der Waals surface area (Å²) in [6.45, 7) is 4.17. The van der Waals surface area contributed by atoms with Crippen molar-refractivity contribution in [2.45, 2.75) is 19.8 Å². The molecule has 1 aliphatic rings. The maximum atomic E-state index is 11.6. The van der Waals surface area contributed by atoms with Gasteiger partial charge in [0.15, 0.2) is 0 Å². The maximum absolute atomic E-state index is 11.6. The summed E-state index contributed by atoms with van der Waals surface area (Å²) in [4.78, 5) is 14.7. The number of ether oxygens (including phenoxy) is 3. The second-order valence-electron chi connectivity index (χ2n) is 7.28. The number of H-pyrrole nitrogens is 1. The summed E-state index contributed by atoms with van der Waals surface area (Å²) in [5.74, 6) is 1.99. The van der Waals surface area contributed by atoms with Crippen molar-refractivity contribution in [2.75, 3.05) is 19.8 Å². The molecule has 164 valence electrons. The first-order valence-corrected chi connectivity index (χ1v) is 10.5. The number of aromatic nitrogens is 1. The molecule has 0 atom stereocenters. The monoisotopic (exact) mass is 444 g/mol. The Bertz CT molecular complexity index is 1070. The number of rotatable bonds is 6. The van der Waals surface area contributed by atoms with E-state index in [2.05, 4.69) is 4.98 Å². The van der Waals surface area contributed by atoms with Crippen LogP contribution in [-0.2, 0) is 16.3 Å². The van der Waals surface area contributed by atoms with E-state index in [1.54, 1.807) is 6.07 Å². The van der Waals surface area contributed by atoms with Gasteiger partial charge in [0.1, 0.15) is 22.9 Å². The van der Waals surface area contributed by atoms with Crippen LogP contribution in [0.1, 0.15) is 28.9 Å². The Morgan fingerprint density at radius 3 is 2.45 bits per heavy atom. The second-order valence-corrected chi connectivity index (χ2v) is 7.42. The lowest BCUT2D eigenvalue weighted by Gasteiger charge is -2.22. The number of primary amides is 1. The number of carbonyl (C=O) groups is 1. The second kappa shape index (κ2) is 10.7. The molecule has 8 nitrogen and oxygen atoms in total. The molecule has 4 rings (SSSR count). The standard InChI is InChI=1S/C22H24N2O4.O2S/c1-14-2-4-17(5-3-14)28-18-10-16-11-19(22(23)25)24-21(16)20(12-18)27-13-15-6-8-26-9-7-15;1-3-2/h2-5,10-12,15,24H,6-9,13H2,1H3,(H2,23,25);. The van der Waals surface area contributed by atoms with Crippen molar-refractivity contribution in [1.29, 1.82) is 0 Å². The van der Waals surface area contributed by atoms with Crippen molar-refractivity contribution >= 4 is 28.4 Å². The van der Waals surface area contributed by atoms with Crippen molar-refractivity contribution in [2.24, 2.45) is 11.7 Å². The van der Waals surface area contributed by atoms with Crippen LogP contribution in [0.15, 0.2) is 42.5 Å². The van der Waals surface area contributed by atoms with Crippen LogP contribution in [0.4, 0.5) is 0 Å². The Kier molecular flexibility index (Phi) is 7.80. The van der Waals surface area contributed by atoms with Crippen LogP contribution in [0.2, 0.25) is 0 Å². The predicted molar refractivity (Wildman–Crippen MR) is 116 cm³/mol. The highest BCUT2D eigenvalue weighted by atomic mass is 32.1. The van der Waals surface area contributed by atoms with Gasteiger partial charge in [-0.3, -0.25) is 4.79 Å². The number of nitrogens with one attached hydrogen (secondary N) is 1. The summed E-state index contributed by atoms with van der Waals surface area (Å²) in [6, 6.07) is 13.3. The molecule has 1 saturated heterocycles. The molecule has 1 amide bonds. The van der Waals surface area contributed by atoms with Crippen LogP contribution >= 0.6 is 0 Å². The molecule has 0 saturated carbocycles. The molecule has 31 heavy (non-hydrogen) atoms. The van der Waals surface area contributed by atoms with E-state index in [1.165, 1.54) is 5.56 Å². The zero-order valence-electron chi connectivity index (χ0n) is 17.1. The van der Waals surface area contributed by atoms with E-state index >= 15 is 0 Å². The van der Waals surface area contributed by atoms with Gasteiger partial charge in [0.05, 0.1) is 12.1 Å². The summed E-state index contributed by atoms with van der Waals surface area (Å²) in [6.07, 6.45) is 1.97. The van der Waals surface area contributed by atoms with Crippen LogP contribution in [0.5, 0.6) is 17.2 Å². The molecular formula is C22H24N2O6S. The van der Waals surface area contributed by atoms with E-state index in [4.69, 9.17) is 28.4 Å². The van der Waals surface area contributed by atoms with E-state index in [0.29, 0.717) is 29.7 Å². The number of fused-ring (bicyclic) bond motifs is 1. The number of nitrogens with two attached hydrogens (primary N) is 1. The molecule has 0 radical (unpaired) electrons. The number of benzene rings is 2. The van der Waals surface area contributed by atoms with Gasteiger partial charge < -0.3 is 24.9 Å². The van der Waals surface area contributed by atoms with Crippen molar-refractivity contribution < 1.29 is 27.4 Å². The fourth-order valence-corrected chi connectivity index (χ4v) is 3.35. The molecule has 0 bridgehead atoms. The van der Waals surface area contributed by atoms with Gasteiger partial charge in [0.25, 0.3) is 5.91 Å². The average molecular weight is 445 g/mol. The lowest BCUT2D eigenvalue weighted by molar-refractivity contribution is 0.0499. The Labute approximate surface area is 183 Å². The molecule has 3 N–H and O–H groups in total. The van der Waals surface area contributed by atoms with E-state index < -0.39 is 17.5 Å². The topological polar surface area (TPSA) is 121 Å². The van der Waals surface area contributed by atoms with Crippen LogP contribution in [-0.4, -0.2) is 39.1 Å². The lowest BCUT2D eigenvalue weighted by atomic mass is 10.0. The molecule has 1 fully saturated rings. The van der Waals surface area contributed by atoms with Crippen LogP contribution in [0.25, 0.3) is 10.9 Å². The molecule has 1 aromatic heterocycles. The molecule has 9 heteroatoms. The number of hydrogen-bond acceptors (Lipinski definition) is 6. The van der Waals surface area contributed by atoms with Crippen LogP contribution in [0.3, 0.4) is 0 Å². The van der Waals surface area contributed by atoms with E-state index in [-0.39, 0.29) is 0 Å². The van der Waals surface area contributed by atoms with Crippen molar-refractivity contribution in [3.63, 3.8) is 0 Å². The van der Waals surface area contributed by atoms with Crippen LogP contribution < -0.4 is 15.2 Å². The first-order chi connectivity index (χ1) is 15.0. The van der Waals surface area contributed by atoms with Gasteiger partial charge >= 0.3 is 11.6 Å². The lowest BCUT2D eigenvalue weighted by Crippen LogP contribution is -2.21. The number of carbonyl (C=O) groups excluding carboxylic acids is 1. The highest BCUT2D eigenvalue weighted by Gasteiger charge is 2.17. The van der Waals surface area contributed by atoms with Crippen molar-refractivity contribution in [3.8, 4) is 17.2 Å². The summed E-state index contributed by atoms with van der Waals surface area (Å²) >= 11 is -0.750. The molecular weight excluding hydrogens is 420 g/mol. The number of hydrogen-bond donors (Lipinski definition) is 2. The van der Waals surface area contributed by atoms with E-state index in [9.17, 15) is 4.79 Å². The van der Waals surface area contributed by atoms with Gasteiger partial charge in [-0.25, -0.2) is 0 Å². The van der Waals surface area contributed by atoms with E-state index in [1.807, 2.05) is 43.3 Å². The normalized spacial score (nSPS) is 13.8. The summed E-state index contributed by atoms with van der Waals surface area (Å²) in [5, 5.41) is 0.820. The maximum Gasteiger partial charge on any atom is 0.335 e. The first-order valence-electron chi connectivity index (χ1n) is 9.83. The largest absolute Gasteiger partial charge is 0.491 e. The molecule has 0 unspecified atom stereocenters. The predicted octanol–water partition coefficient (Wildman–Crippen LogP) is 3.50. The SMILES string of the molecule is Cc1ccc(Oc2cc(OCC3CCOCC3)c3[nH]c(C(N)=O)cc3c2)cc1.O=S=O.